The molecule has 0 saturated carbocycles. The van der Waals surface area contributed by atoms with Gasteiger partial charge in [0.1, 0.15) is 17.3 Å². The number of likely N-dealkylation sites (tertiary alicyclic amines) is 1. The van der Waals surface area contributed by atoms with Crippen LogP contribution in [0.5, 0.6) is 5.75 Å². The van der Waals surface area contributed by atoms with Crippen molar-refractivity contribution < 1.29 is 19.1 Å². The fourth-order valence-corrected chi connectivity index (χ4v) is 5.13. The van der Waals surface area contributed by atoms with E-state index in [1.54, 1.807) is 48.5 Å². The minimum Gasteiger partial charge on any atom is -0.497 e. The number of thiazole rings is 1. The molecule has 10 heteroatoms. The summed E-state index contributed by atoms with van der Waals surface area (Å²) in [6.45, 7) is 3.11. The molecule has 1 fully saturated rings. The van der Waals surface area contributed by atoms with Gasteiger partial charge in [0, 0.05) is 55.9 Å². The zero-order valence-corrected chi connectivity index (χ0v) is 20.9. The summed E-state index contributed by atoms with van der Waals surface area (Å²) in [5.74, 6) is 1.22. The predicted octanol–water partition coefficient (Wildman–Crippen LogP) is 3.82. The number of methoxy groups -OCH3 is 1. The molecule has 0 aliphatic carbocycles. The molecular formula is C25H29N5O4S. The molecule has 1 N–H and O–H groups in total. The van der Waals surface area contributed by atoms with Crippen LogP contribution in [0.2, 0.25) is 0 Å². The molecule has 1 aromatic carbocycles. The van der Waals surface area contributed by atoms with E-state index in [0.717, 1.165) is 23.5 Å². The molecule has 0 unspecified atom stereocenters. The summed E-state index contributed by atoms with van der Waals surface area (Å²) in [6, 6.07) is 8.73. The number of carbonyl (C=O) groups excluding carboxylic acids is 3. The molecule has 0 atom stereocenters. The lowest BCUT2D eigenvalue weighted by atomic mass is 9.97. The van der Waals surface area contributed by atoms with Crippen LogP contribution in [0.15, 0.2) is 35.7 Å². The summed E-state index contributed by atoms with van der Waals surface area (Å²) in [7, 11) is 3.35. The molecule has 0 bridgehead atoms. The van der Waals surface area contributed by atoms with E-state index in [1.807, 2.05) is 17.9 Å². The van der Waals surface area contributed by atoms with Crippen LogP contribution in [-0.2, 0) is 11.8 Å². The van der Waals surface area contributed by atoms with Gasteiger partial charge in [-0.05, 0) is 44.0 Å². The van der Waals surface area contributed by atoms with Crippen LogP contribution in [0, 0.1) is 6.92 Å². The molecule has 0 radical (unpaired) electrons. The topological polar surface area (TPSA) is 106 Å². The first-order valence-electron chi connectivity index (χ1n) is 11.6. The average Bonchev–Trinajstić information content (AvgIpc) is 3.49. The Labute approximate surface area is 208 Å². The van der Waals surface area contributed by atoms with Gasteiger partial charge in [-0.3, -0.25) is 19.1 Å². The Balaban J connectivity index is 1.25. The van der Waals surface area contributed by atoms with E-state index in [9.17, 15) is 14.4 Å². The Hall–Kier alpha value is -3.53. The quantitative estimate of drug-likeness (QED) is 0.476. The molecule has 1 aliphatic heterocycles. The summed E-state index contributed by atoms with van der Waals surface area (Å²) in [4.78, 5) is 44.0. The smallest absolute Gasteiger partial charge is 0.276 e. The van der Waals surface area contributed by atoms with Crippen molar-refractivity contribution in [2.45, 2.75) is 38.5 Å². The highest BCUT2D eigenvalue weighted by molar-refractivity contribution is 7.10. The van der Waals surface area contributed by atoms with Crippen molar-refractivity contribution in [1.82, 2.24) is 19.7 Å². The molecule has 1 saturated heterocycles. The molecule has 4 rings (SSSR count). The molecule has 3 aromatic rings. The van der Waals surface area contributed by atoms with Gasteiger partial charge in [-0.15, -0.1) is 11.3 Å². The largest absolute Gasteiger partial charge is 0.497 e. The first kappa shape index (κ1) is 24.6. The highest BCUT2D eigenvalue weighted by Gasteiger charge is 2.26. The lowest BCUT2D eigenvalue weighted by Gasteiger charge is -2.31. The fraction of sp³-hybridized carbons (Fsp3) is 0.400. The van der Waals surface area contributed by atoms with Gasteiger partial charge in [0.25, 0.3) is 5.91 Å². The van der Waals surface area contributed by atoms with E-state index in [4.69, 9.17) is 4.74 Å². The third-order valence-electron chi connectivity index (χ3n) is 6.17. The predicted molar refractivity (Wildman–Crippen MR) is 133 cm³/mol. The number of nitrogens with zero attached hydrogens (tertiary/aromatic N) is 4. The monoisotopic (exact) mass is 495 g/mol. The molecule has 0 spiro atoms. The molecule has 3 heterocycles. The standard InChI is InChI=1S/C25H29N5O4S/c1-16-14-22(29(2)28-16)27-24(33)20-15-35-25(26-20)18-10-12-30(13-11-18)23(32)9-8-21(31)17-4-6-19(34-3)7-5-17/h4-7,14-15,18H,8-13H2,1-3H3,(H,27,33). The zero-order valence-electron chi connectivity index (χ0n) is 20.1. The normalized spacial score (nSPS) is 14.1. The Morgan fingerprint density at radius 3 is 2.49 bits per heavy atom. The number of carbonyl (C=O) groups is 3. The maximum atomic E-state index is 12.7. The van der Waals surface area contributed by atoms with E-state index < -0.39 is 0 Å². The molecule has 9 nitrogen and oxygen atoms in total. The third-order valence-corrected chi connectivity index (χ3v) is 7.18. The van der Waals surface area contributed by atoms with Gasteiger partial charge in [0.05, 0.1) is 17.8 Å². The van der Waals surface area contributed by atoms with Crippen molar-refractivity contribution in [3.05, 3.63) is 57.7 Å². The number of Topliss-reactive ketones (excluding diaryl/α,β-unsaturated/α-hetero) is 1. The molecule has 184 valence electrons. The highest BCUT2D eigenvalue weighted by atomic mass is 32.1. The average molecular weight is 496 g/mol. The van der Waals surface area contributed by atoms with E-state index in [0.29, 0.717) is 35.9 Å². The number of ketones is 1. The van der Waals surface area contributed by atoms with E-state index in [2.05, 4.69) is 15.4 Å². The van der Waals surface area contributed by atoms with E-state index in [1.165, 1.54) is 11.3 Å². The van der Waals surface area contributed by atoms with E-state index >= 15 is 0 Å². The number of rotatable bonds is 8. The first-order valence-corrected chi connectivity index (χ1v) is 12.4. The van der Waals surface area contributed by atoms with Gasteiger partial charge in [-0.1, -0.05) is 0 Å². The van der Waals surface area contributed by atoms with Crippen molar-refractivity contribution in [3.63, 3.8) is 0 Å². The number of aryl methyl sites for hydroxylation is 2. The van der Waals surface area contributed by atoms with Gasteiger partial charge in [-0.2, -0.15) is 5.10 Å². The number of ether oxygens (including phenoxy) is 1. The second-order valence-corrected chi connectivity index (χ2v) is 9.52. The van der Waals surface area contributed by atoms with Crippen LogP contribution in [0.3, 0.4) is 0 Å². The lowest BCUT2D eigenvalue weighted by Crippen LogP contribution is -2.38. The van der Waals surface area contributed by atoms with Crippen molar-refractivity contribution in [1.29, 1.82) is 0 Å². The number of aromatic nitrogens is 3. The summed E-state index contributed by atoms with van der Waals surface area (Å²) in [5.41, 5.74) is 1.80. The van der Waals surface area contributed by atoms with Crippen LogP contribution >= 0.6 is 11.3 Å². The van der Waals surface area contributed by atoms with Crippen LogP contribution in [0.1, 0.15) is 63.1 Å². The minimum atomic E-state index is -0.260. The van der Waals surface area contributed by atoms with Gasteiger partial charge >= 0.3 is 0 Å². The summed E-state index contributed by atoms with van der Waals surface area (Å²) < 4.78 is 6.73. The zero-order chi connectivity index (χ0) is 24.9. The van der Waals surface area contributed by atoms with Crippen LogP contribution < -0.4 is 10.1 Å². The van der Waals surface area contributed by atoms with Crippen LogP contribution in [0.4, 0.5) is 5.82 Å². The molecule has 35 heavy (non-hydrogen) atoms. The summed E-state index contributed by atoms with van der Waals surface area (Å²) in [6.07, 6.45) is 1.96. The Kier molecular flexibility index (Phi) is 7.60. The number of benzene rings is 1. The first-order chi connectivity index (χ1) is 16.8. The van der Waals surface area contributed by atoms with Gasteiger partial charge in [0.15, 0.2) is 5.78 Å². The number of anilines is 1. The maximum absolute atomic E-state index is 12.7. The van der Waals surface area contributed by atoms with Crippen molar-refractivity contribution in [2.75, 3.05) is 25.5 Å². The Morgan fingerprint density at radius 1 is 1.14 bits per heavy atom. The van der Waals surface area contributed by atoms with Gasteiger partial charge in [-0.25, -0.2) is 4.98 Å². The SMILES string of the molecule is COc1ccc(C(=O)CCC(=O)N2CCC(c3nc(C(=O)Nc4cc(C)nn4C)cs3)CC2)cc1. The maximum Gasteiger partial charge on any atom is 0.276 e. The summed E-state index contributed by atoms with van der Waals surface area (Å²) in [5, 5.41) is 9.77. The highest BCUT2D eigenvalue weighted by Crippen LogP contribution is 2.31. The Bertz CT molecular complexity index is 1210. The second kappa shape index (κ2) is 10.8. The van der Waals surface area contributed by atoms with Crippen molar-refractivity contribution >= 4 is 34.8 Å². The summed E-state index contributed by atoms with van der Waals surface area (Å²) >= 11 is 1.48. The molecular weight excluding hydrogens is 466 g/mol. The molecule has 2 aromatic heterocycles. The number of hydrogen-bond acceptors (Lipinski definition) is 7. The second-order valence-electron chi connectivity index (χ2n) is 8.63. The van der Waals surface area contributed by atoms with E-state index in [-0.39, 0.29) is 36.4 Å². The van der Waals surface area contributed by atoms with Crippen molar-refractivity contribution in [3.8, 4) is 5.75 Å². The van der Waals surface area contributed by atoms with Gasteiger partial charge < -0.3 is 15.0 Å². The molecule has 1 aliphatic rings. The lowest BCUT2D eigenvalue weighted by molar-refractivity contribution is -0.132. The number of hydrogen-bond donors (Lipinski definition) is 1. The fourth-order valence-electron chi connectivity index (χ4n) is 4.16. The number of piperidine rings is 1. The minimum absolute atomic E-state index is 0.00371. The molecule has 2 amide bonds. The van der Waals surface area contributed by atoms with Crippen molar-refractivity contribution in [2.24, 2.45) is 7.05 Å². The van der Waals surface area contributed by atoms with Crippen LogP contribution in [-0.4, -0.2) is 57.5 Å². The Morgan fingerprint density at radius 2 is 1.86 bits per heavy atom. The van der Waals surface area contributed by atoms with Gasteiger partial charge in [0.2, 0.25) is 5.91 Å². The third kappa shape index (κ3) is 5.94. The number of nitrogens with one attached hydrogen (secondary N) is 1. The van der Waals surface area contributed by atoms with Crippen LogP contribution in [0.25, 0.3) is 0 Å². The number of amides is 2.